The Hall–Kier alpha value is -1.75. The molecule has 104 valence electrons. The zero-order valence-corrected chi connectivity index (χ0v) is 12.3. The smallest absolute Gasteiger partial charge is 0.159 e. The van der Waals surface area contributed by atoms with E-state index in [-0.39, 0.29) is 0 Å². The molecule has 0 unspecified atom stereocenters. The molecule has 0 aliphatic carbocycles. The minimum Gasteiger partial charge on any atom is -0.391 e. The highest BCUT2D eigenvalue weighted by Gasteiger charge is 2.05. The maximum atomic E-state index is 13.1. The lowest BCUT2D eigenvalue weighted by Gasteiger charge is -2.03. The molecule has 0 heterocycles. The number of hydrogen-bond donors (Lipinski definition) is 0. The van der Waals surface area contributed by atoms with Gasteiger partial charge in [0.1, 0.15) is 6.61 Å². The van der Waals surface area contributed by atoms with Gasteiger partial charge in [0.15, 0.2) is 11.6 Å². The van der Waals surface area contributed by atoms with Crippen molar-refractivity contribution in [3.05, 3.63) is 69.7 Å². The first-order valence-corrected chi connectivity index (χ1v) is 6.72. The second kappa shape index (κ2) is 6.61. The molecule has 0 aliphatic rings. The molecule has 2 aromatic rings. The van der Waals surface area contributed by atoms with Crippen LogP contribution in [0.2, 0.25) is 0 Å². The SMILES string of the molecule is CC(=NOCc1ccc(Br)cc1)c1ccc(F)c(F)c1. The van der Waals surface area contributed by atoms with Crippen molar-refractivity contribution in [2.75, 3.05) is 0 Å². The second-order valence-corrected chi connectivity index (χ2v) is 5.12. The molecule has 5 heteroatoms. The van der Waals surface area contributed by atoms with Gasteiger partial charge < -0.3 is 4.84 Å². The first-order valence-electron chi connectivity index (χ1n) is 5.92. The summed E-state index contributed by atoms with van der Waals surface area (Å²) in [7, 11) is 0. The summed E-state index contributed by atoms with van der Waals surface area (Å²) in [6.45, 7) is 1.99. The summed E-state index contributed by atoms with van der Waals surface area (Å²) in [4.78, 5) is 5.20. The van der Waals surface area contributed by atoms with Crippen molar-refractivity contribution in [2.24, 2.45) is 5.16 Å². The Morgan fingerprint density at radius 1 is 1.10 bits per heavy atom. The Kier molecular flexibility index (Phi) is 4.84. The molecule has 0 atom stereocenters. The Morgan fingerprint density at radius 2 is 1.80 bits per heavy atom. The molecule has 0 N–H and O–H groups in total. The monoisotopic (exact) mass is 339 g/mol. The molecule has 0 spiro atoms. The molecule has 0 fully saturated rings. The van der Waals surface area contributed by atoms with Gasteiger partial charge in [-0.05, 0) is 42.8 Å². The molecule has 0 aromatic heterocycles. The largest absolute Gasteiger partial charge is 0.391 e. The number of rotatable bonds is 4. The van der Waals surface area contributed by atoms with E-state index in [9.17, 15) is 8.78 Å². The first kappa shape index (κ1) is 14.7. The van der Waals surface area contributed by atoms with Crippen LogP contribution in [0.4, 0.5) is 8.78 Å². The van der Waals surface area contributed by atoms with Crippen LogP contribution >= 0.6 is 15.9 Å². The summed E-state index contributed by atoms with van der Waals surface area (Å²) < 4.78 is 26.9. The summed E-state index contributed by atoms with van der Waals surface area (Å²) in [6, 6.07) is 11.3. The zero-order valence-electron chi connectivity index (χ0n) is 10.7. The van der Waals surface area contributed by atoms with Crippen LogP contribution in [0, 0.1) is 11.6 Å². The van der Waals surface area contributed by atoms with Crippen LogP contribution in [0.5, 0.6) is 0 Å². The average molecular weight is 340 g/mol. The summed E-state index contributed by atoms with van der Waals surface area (Å²) in [5.74, 6) is -1.78. The van der Waals surface area contributed by atoms with Crippen LogP contribution in [0.15, 0.2) is 52.1 Å². The first-order chi connectivity index (χ1) is 9.56. The Labute approximate surface area is 124 Å². The van der Waals surface area contributed by atoms with Gasteiger partial charge in [-0.2, -0.15) is 0 Å². The van der Waals surface area contributed by atoms with E-state index in [1.54, 1.807) is 6.92 Å². The van der Waals surface area contributed by atoms with Crippen molar-refractivity contribution in [3.8, 4) is 0 Å². The van der Waals surface area contributed by atoms with Crippen molar-refractivity contribution in [3.63, 3.8) is 0 Å². The predicted octanol–water partition coefficient (Wildman–Crippen LogP) is 4.67. The molecule has 2 aromatic carbocycles. The average Bonchev–Trinajstić information content (AvgIpc) is 2.44. The third kappa shape index (κ3) is 3.87. The maximum Gasteiger partial charge on any atom is 0.159 e. The standard InChI is InChI=1S/C15H12BrF2NO/c1-10(12-4-7-14(17)15(18)8-12)19-20-9-11-2-5-13(16)6-3-11/h2-8H,9H2,1H3. The fourth-order valence-corrected chi connectivity index (χ4v) is 1.82. The van der Waals surface area contributed by atoms with Crippen LogP contribution in [-0.4, -0.2) is 5.71 Å². The Bertz CT molecular complexity index is 626. The topological polar surface area (TPSA) is 21.6 Å². The number of halogens is 3. The van der Waals surface area contributed by atoms with E-state index in [0.29, 0.717) is 17.9 Å². The van der Waals surface area contributed by atoms with Crippen molar-refractivity contribution < 1.29 is 13.6 Å². The van der Waals surface area contributed by atoms with Gasteiger partial charge in [0.25, 0.3) is 0 Å². The van der Waals surface area contributed by atoms with Gasteiger partial charge in [-0.25, -0.2) is 8.78 Å². The van der Waals surface area contributed by atoms with Gasteiger partial charge in [0.05, 0.1) is 5.71 Å². The third-order valence-corrected chi connectivity index (χ3v) is 3.21. The Balaban J connectivity index is 2.00. The molecule has 2 rings (SSSR count). The molecule has 20 heavy (non-hydrogen) atoms. The lowest BCUT2D eigenvalue weighted by Crippen LogP contribution is -1.98. The van der Waals surface area contributed by atoms with Crippen molar-refractivity contribution in [2.45, 2.75) is 13.5 Å². The second-order valence-electron chi connectivity index (χ2n) is 4.21. The summed E-state index contributed by atoms with van der Waals surface area (Å²) in [6.07, 6.45) is 0. The highest BCUT2D eigenvalue weighted by molar-refractivity contribution is 9.10. The van der Waals surface area contributed by atoms with Gasteiger partial charge in [-0.1, -0.05) is 33.2 Å². The third-order valence-electron chi connectivity index (χ3n) is 2.68. The van der Waals surface area contributed by atoms with E-state index in [1.807, 2.05) is 24.3 Å². The van der Waals surface area contributed by atoms with Gasteiger partial charge in [0, 0.05) is 10.0 Å². The van der Waals surface area contributed by atoms with E-state index in [2.05, 4.69) is 21.1 Å². The molecule has 0 radical (unpaired) electrons. The normalized spacial score (nSPS) is 11.5. The molecule has 0 saturated heterocycles. The van der Waals surface area contributed by atoms with E-state index >= 15 is 0 Å². The fraction of sp³-hybridized carbons (Fsp3) is 0.133. The zero-order chi connectivity index (χ0) is 14.5. The minimum absolute atomic E-state index is 0.314. The molecule has 2 nitrogen and oxygen atoms in total. The molecule has 0 bridgehead atoms. The van der Waals surface area contributed by atoms with Crippen molar-refractivity contribution >= 4 is 21.6 Å². The van der Waals surface area contributed by atoms with Crippen LogP contribution in [-0.2, 0) is 11.4 Å². The fourth-order valence-electron chi connectivity index (χ4n) is 1.56. The number of hydrogen-bond acceptors (Lipinski definition) is 2. The highest BCUT2D eigenvalue weighted by Crippen LogP contribution is 2.12. The van der Waals surface area contributed by atoms with E-state index < -0.39 is 11.6 Å². The predicted molar refractivity (Wildman–Crippen MR) is 77.5 cm³/mol. The summed E-state index contributed by atoms with van der Waals surface area (Å²) in [5, 5.41) is 3.90. The van der Waals surface area contributed by atoms with Gasteiger partial charge >= 0.3 is 0 Å². The minimum atomic E-state index is -0.898. The van der Waals surface area contributed by atoms with Gasteiger partial charge in [0.2, 0.25) is 0 Å². The maximum absolute atomic E-state index is 13.1. The molecule has 0 saturated carbocycles. The molecular formula is C15H12BrF2NO. The molecule has 0 amide bonds. The van der Waals surface area contributed by atoms with E-state index in [1.165, 1.54) is 6.07 Å². The van der Waals surface area contributed by atoms with Gasteiger partial charge in [-0.3, -0.25) is 0 Å². The van der Waals surface area contributed by atoms with Crippen LogP contribution < -0.4 is 0 Å². The quantitative estimate of drug-likeness (QED) is 0.586. The van der Waals surface area contributed by atoms with Crippen molar-refractivity contribution in [1.29, 1.82) is 0 Å². The number of oxime groups is 1. The van der Waals surface area contributed by atoms with Crippen LogP contribution in [0.25, 0.3) is 0 Å². The van der Waals surface area contributed by atoms with Crippen molar-refractivity contribution in [1.82, 2.24) is 0 Å². The van der Waals surface area contributed by atoms with Crippen LogP contribution in [0.1, 0.15) is 18.1 Å². The Morgan fingerprint density at radius 3 is 2.45 bits per heavy atom. The number of nitrogens with zero attached hydrogens (tertiary/aromatic N) is 1. The molecule has 0 aliphatic heterocycles. The lowest BCUT2D eigenvalue weighted by molar-refractivity contribution is 0.130. The van der Waals surface area contributed by atoms with Crippen LogP contribution in [0.3, 0.4) is 0 Å². The summed E-state index contributed by atoms with van der Waals surface area (Å²) in [5.41, 5.74) is 1.94. The highest BCUT2D eigenvalue weighted by atomic mass is 79.9. The number of benzene rings is 2. The lowest BCUT2D eigenvalue weighted by atomic mass is 10.1. The van der Waals surface area contributed by atoms with E-state index in [0.717, 1.165) is 22.2 Å². The van der Waals surface area contributed by atoms with Gasteiger partial charge in [-0.15, -0.1) is 0 Å². The molecular weight excluding hydrogens is 328 g/mol. The summed E-state index contributed by atoms with van der Waals surface area (Å²) >= 11 is 3.35. The van der Waals surface area contributed by atoms with E-state index in [4.69, 9.17) is 4.84 Å².